The monoisotopic (exact) mass is 138 g/mol. The molecule has 0 fully saturated rings. The van der Waals surface area contributed by atoms with Crippen molar-refractivity contribution in [2.45, 2.75) is 6.54 Å². The summed E-state index contributed by atoms with van der Waals surface area (Å²) in [7, 11) is 1.71. The van der Waals surface area contributed by atoms with Gasteiger partial charge in [-0.15, -0.1) is 0 Å². The van der Waals surface area contributed by atoms with E-state index in [1.807, 2.05) is 6.07 Å². The Balaban J connectivity index is 3.17. The smallest absolute Gasteiger partial charge is 0.250 e. The molecule has 10 heavy (non-hydrogen) atoms. The third-order valence-corrected chi connectivity index (χ3v) is 1.40. The summed E-state index contributed by atoms with van der Waals surface area (Å²) in [4.78, 5) is 10.9. The lowest BCUT2D eigenvalue weighted by molar-refractivity contribution is 0.848. The van der Waals surface area contributed by atoms with Crippen molar-refractivity contribution in [3.8, 4) is 0 Å². The summed E-state index contributed by atoms with van der Waals surface area (Å²) in [5, 5.41) is 0. The highest BCUT2D eigenvalue weighted by molar-refractivity contribution is 5.09. The van der Waals surface area contributed by atoms with Crippen molar-refractivity contribution in [3.05, 3.63) is 34.2 Å². The van der Waals surface area contributed by atoms with Gasteiger partial charge in [0.2, 0.25) is 0 Å². The number of pyridine rings is 1. The third kappa shape index (κ3) is 1.25. The normalized spacial score (nSPS) is 9.80. The van der Waals surface area contributed by atoms with E-state index in [0.29, 0.717) is 6.54 Å². The zero-order valence-corrected chi connectivity index (χ0v) is 5.87. The van der Waals surface area contributed by atoms with Crippen molar-refractivity contribution in [2.75, 3.05) is 0 Å². The average molecular weight is 138 g/mol. The van der Waals surface area contributed by atoms with Crippen LogP contribution in [0.25, 0.3) is 0 Å². The molecule has 1 aromatic rings. The Hall–Kier alpha value is -1.09. The molecule has 0 saturated heterocycles. The fourth-order valence-corrected chi connectivity index (χ4v) is 0.716. The van der Waals surface area contributed by atoms with Gasteiger partial charge < -0.3 is 10.3 Å². The van der Waals surface area contributed by atoms with Crippen LogP contribution in [0.3, 0.4) is 0 Å². The van der Waals surface area contributed by atoms with Crippen LogP contribution in [-0.2, 0) is 13.6 Å². The van der Waals surface area contributed by atoms with Crippen molar-refractivity contribution >= 4 is 0 Å². The van der Waals surface area contributed by atoms with Gasteiger partial charge in [0.1, 0.15) is 0 Å². The molecule has 0 amide bonds. The van der Waals surface area contributed by atoms with E-state index < -0.39 is 0 Å². The van der Waals surface area contributed by atoms with Crippen LogP contribution in [0.2, 0.25) is 0 Å². The number of hydrogen-bond acceptors (Lipinski definition) is 2. The van der Waals surface area contributed by atoms with Crippen LogP contribution < -0.4 is 11.3 Å². The zero-order chi connectivity index (χ0) is 7.56. The van der Waals surface area contributed by atoms with Gasteiger partial charge in [-0.2, -0.15) is 0 Å². The van der Waals surface area contributed by atoms with Gasteiger partial charge in [-0.1, -0.05) is 0 Å². The first-order chi connectivity index (χ1) is 4.74. The molecule has 0 aliphatic rings. The highest BCUT2D eigenvalue weighted by Crippen LogP contribution is 1.89. The summed E-state index contributed by atoms with van der Waals surface area (Å²) in [6, 6.07) is 3.38. The maximum Gasteiger partial charge on any atom is 0.250 e. The van der Waals surface area contributed by atoms with Gasteiger partial charge >= 0.3 is 0 Å². The first-order valence-electron chi connectivity index (χ1n) is 3.09. The van der Waals surface area contributed by atoms with Crippen LogP contribution in [-0.4, -0.2) is 4.57 Å². The summed E-state index contributed by atoms with van der Waals surface area (Å²) < 4.78 is 1.51. The number of hydrogen-bond donors (Lipinski definition) is 1. The van der Waals surface area contributed by atoms with E-state index >= 15 is 0 Å². The van der Waals surface area contributed by atoms with Crippen molar-refractivity contribution in [1.29, 1.82) is 0 Å². The molecule has 1 aromatic heterocycles. The number of aromatic nitrogens is 1. The van der Waals surface area contributed by atoms with Crippen molar-refractivity contribution in [1.82, 2.24) is 4.57 Å². The summed E-state index contributed by atoms with van der Waals surface area (Å²) in [5.41, 5.74) is 6.19. The number of nitrogens with zero attached hydrogens (tertiary/aromatic N) is 1. The second-order valence-electron chi connectivity index (χ2n) is 2.19. The lowest BCUT2D eigenvalue weighted by Crippen LogP contribution is -2.16. The van der Waals surface area contributed by atoms with Gasteiger partial charge in [-0.3, -0.25) is 4.79 Å². The van der Waals surface area contributed by atoms with E-state index in [9.17, 15) is 4.79 Å². The van der Waals surface area contributed by atoms with Crippen molar-refractivity contribution < 1.29 is 0 Å². The largest absolute Gasteiger partial charge is 0.326 e. The second kappa shape index (κ2) is 2.66. The molecule has 0 radical (unpaired) electrons. The first kappa shape index (κ1) is 7.02. The molecule has 3 heteroatoms. The lowest BCUT2D eigenvalue weighted by Gasteiger charge is -1.97. The molecule has 0 spiro atoms. The van der Waals surface area contributed by atoms with Crippen LogP contribution in [0.5, 0.6) is 0 Å². The highest BCUT2D eigenvalue weighted by atomic mass is 16.1. The number of rotatable bonds is 1. The van der Waals surface area contributed by atoms with E-state index in [1.54, 1.807) is 19.3 Å². The van der Waals surface area contributed by atoms with E-state index in [0.717, 1.165) is 5.56 Å². The summed E-state index contributed by atoms with van der Waals surface area (Å²) in [6.45, 7) is 0.427. The zero-order valence-electron chi connectivity index (χ0n) is 5.87. The van der Waals surface area contributed by atoms with Gasteiger partial charge in [0.15, 0.2) is 0 Å². The number of nitrogens with two attached hydrogens (primary N) is 1. The van der Waals surface area contributed by atoms with E-state index in [4.69, 9.17) is 5.73 Å². The van der Waals surface area contributed by atoms with Gasteiger partial charge in [0.05, 0.1) is 0 Å². The molecule has 0 aliphatic heterocycles. The highest BCUT2D eigenvalue weighted by Gasteiger charge is 1.90. The lowest BCUT2D eigenvalue weighted by atomic mass is 10.3. The van der Waals surface area contributed by atoms with Crippen molar-refractivity contribution in [3.63, 3.8) is 0 Å². The second-order valence-corrected chi connectivity index (χ2v) is 2.19. The number of aryl methyl sites for hydroxylation is 1. The molecule has 0 aromatic carbocycles. The molecular weight excluding hydrogens is 128 g/mol. The summed E-state index contributed by atoms with van der Waals surface area (Å²) in [5.74, 6) is 0. The van der Waals surface area contributed by atoms with Gasteiger partial charge in [-0.25, -0.2) is 0 Å². The minimum Gasteiger partial charge on any atom is -0.326 e. The molecule has 0 saturated carbocycles. The standard InChI is InChI=1S/C7H10N2O/c1-9-3-2-6(5-8)4-7(9)10/h2-4H,5,8H2,1H3. The SMILES string of the molecule is Cn1ccc(CN)cc1=O. The molecule has 1 rings (SSSR count). The van der Waals surface area contributed by atoms with Crippen molar-refractivity contribution in [2.24, 2.45) is 12.8 Å². The molecule has 0 bridgehead atoms. The van der Waals surface area contributed by atoms with Crippen LogP contribution in [0, 0.1) is 0 Å². The van der Waals surface area contributed by atoms with E-state index in [-0.39, 0.29) is 5.56 Å². The molecule has 1 heterocycles. The Labute approximate surface area is 59.1 Å². The van der Waals surface area contributed by atoms with Crippen LogP contribution >= 0.6 is 0 Å². The third-order valence-electron chi connectivity index (χ3n) is 1.40. The molecule has 54 valence electrons. The van der Waals surface area contributed by atoms with E-state index in [1.165, 1.54) is 4.57 Å². The topological polar surface area (TPSA) is 48.0 Å². The van der Waals surface area contributed by atoms with E-state index in [2.05, 4.69) is 0 Å². The maximum absolute atomic E-state index is 10.9. The summed E-state index contributed by atoms with van der Waals surface area (Å²) >= 11 is 0. The average Bonchev–Trinajstić information content (AvgIpc) is 1.95. The molecule has 0 atom stereocenters. The fourth-order valence-electron chi connectivity index (χ4n) is 0.716. The Morgan fingerprint density at radius 1 is 1.70 bits per heavy atom. The predicted molar refractivity (Wildman–Crippen MR) is 39.6 cm³/mol. The predicted octanol–water partition coefficient (Wildman–Crippen LogP) is -0.156. The van der Waals surface area contributed by atoms with Crippen LogP contribution in [0.4, 0.5) is 0 Å². The Morgan fingerprint density at radius 2 is 2.40 bits per heavy atom. The van der Waals surface area contributed by atoms with Gasteiger partial charge in [0.25, 0.3) is 5.56 Å². The minimum absolute atomic E-state index is 0.0112. The Morgan fingerprint density at radius 3 is 2.90 bits per heavy atom. The minimum atomic E-state index is -0.0112. The summed E-state index contributed by atoms with van der Waals surface area (Å²) in [6.07, 6.45) is 1.71. The van der Waals surface area contributed by atoms with Crippen LogP contribution in [0.15, 0.2) is 23.1 Å². The maximum atomic E-state index is 10.9. The fraction of sp³-hybridized carbons (Fsp3) is 0.286. The quantitative estimate of drug-likeness (QED) is 0.586. The molecule has 2 N–H and O–H groups in total. The van der Waals surface area contributed by atoms with Gasteiger partial charge in [0, 0.05) is 25.9 Å². The van der Waals surface area contributed by atoms with Gasteiger partial charge in [-0.05, 0) is 11.6 Å². The molecular formula is C7H10N2O. The molecule has 0 unspecified atom stereocenters. The molecule has 0 aliphatic carbocycles. The van der Waals surface area contributed by atoms with Crippen LogP contribution in [0.1, 0.15) is 5.56 Å². The Kier molecular flexibility index (Phi) is 1.87. The molecule has 3 nitrogen and oxygen atoms in total. The Bertz CT molecular complexity index is 277. The first-order valence-corrected chi connectivity index (χ1v) is 3.09.